The number of hydrogen-bond acceptors (Lipinski definition) is 4. The van der Waals surface area contributed by atoms with Gasteiger partial charge in [-0.1, -0.05) is 0 Å². The molecule has 26 heavy (non-hydrogen) atoms. The Hall–Kier alpha value is -0.980. The Morgan fingerprint density at radius 1 is 1.38 bits per heavy atom. The molecule has 4 bridgehead atoms. The minimum Gasteiger partial charge on any atom is -0.390 e. The highest BCUT2D eigenvalue weighted by Crippen LogP contribution is 2.61. The van der Waals surface area contributed by atoms with Crippen molar-refractivity contribution in [1.29, 1.82) is 0 Å². The van der Waals surface area contributed by atoms with Crippen LogP contribution in [-0.4, -0.2) is 33.9 Å². The molecule has 1 aliphatic heterocycles. The summed E-state index contributed by atoms with van der Waals surface area (Å²) < 4.78 is 7.86. The maximum Gasteiger partial charge on any atom is 0.254 e. The number of thiazole rings is 1. The minimum absolute atomic E-state index is 0.00738. The van der Waals surface area contributed by atoms with Crippen molar-refractivity contribution in [2.75, 3.05) is 6.61 Å². The average molecular weight is 377 g/mol. The predicted molar refractivity (Wildman–Crippen MR) is 98.7 cm³/mol. The first-order valence-electron chi connectivity index (χ1n) is 10.0. The molecule has 0 aromatic carbocycles. The summed E-state index contributed by atoms with van der Waals surface area (Å²) in [5.41, 5.74) is -1.04. The first-order chi connectivity index (χ1) is 12.4. The van der Waals surface area contributed by atoms with E-state index in [0.717, 1.165) is 56.5 Å². The van der Waals surface area contributed by atoms with Gasteiger partial charge in [0.1, 0.15) is 0 Å². The van der Waals surface area contributed by atoms with E-state index in [1.165, 1.54) is 11.3 Å². The van der Waals surface area contributed by atoms with Crippen molar-refractivity contribution in [2.24, 2.45) is 22.2 Å². The van der Waals surface area contributed by atoms with E-state index in [1.54, 1.807) is 11.3 Å². The molecule has 6 heteroatoms. The monoisotopic (exact) mass is 376 g/mol. The average Bonchev–Trinajstić information content (AvgIpc) is 3.15. The lowest BCUT2D eigenvalue weighted by Gasteiger charge is -2.58. The fraction of sp³-hybridized carbons (Fsp3) is 0.800. The normalized spacial score (nSPS) is 41.9. The van der Waals surface area contributed by atoms with Crippen LogP contribution in [0.5, 0.6) is 0 Å². The van der Waals surface area contributed by atoms with Crippen LogP contribution >= 0.6 is 11.3 Å². The smallest absolute Gasteiger partial charge is 0.254 e. The van der Waals surface area contributed by atoms with Crippen LogP contribution in [0.4, 0.5) is 0 Å². The van der Waals surface area contributed by atoms with Crippen molar-refractivity contribution in [3.8, 4) is 0 Å². The van der Waals surface area contributed by atoms with E-state index in [4.69, 9.17) is 4.74 Å². The number of aliphatic hydroxyl groups is 1. The summed E-state index contributed by atoms with van der Waals surface area (Å²) in [6.07, 6.45) is 9.93. The number of carbonyl (C=O) groups excluding carboxylic acids is 1. The molecule has 1 amide bonds. The number of hydrogen-bond donors (Lipinski definition) is 1. The Labute approximate surface area is 158 Å². The van der Waals surface area contributed by atoms with Gasteiger partial charge in [0, 0.05) is 17.7 Å². The van der Waals surface area contributed by atoms with Crippen molar-refractivity contribution in [2.45, 2.75) is 76.5 Å². The SMILES string of the molecule is Cc1cn(CC2CCCO2)c(=NC(=O)C23CC4CC(CC(O)(C4)C2)C3)s1. The van der Waals surface area contributed by atoms with Crippen LogP contribution in [0, 0.1) is 24.2 Å². The highest BCUT2D eigenvalue weighted by molar-refractivity contribution is 7.09. The molecule has 0 spiro atoms. The molecule has 3 atom stereocenters. The molecular formula is C20H28N2O3S. The first kappa shape index (κ1) is 17.1. The van der Waals surface area contributed by atoms with Crippen LogP contribution in [0.15, 0.2) is 11.2 Å². The van der Waals surface area contributed by atoms with Crippen LogP contribution in [-0.2, 0) is 16.1 Å². The van der Waals surface area contributed by atoms with Crippen molar-refractivity contribution < 1.29 is 14.6 Å². The van der Waals surface area contributed by atoms with E-state index < -0.39 is 11.0 Å². The highest BCUT2D eigenvalue weighted by atomic mass is 32.1. The summed E-state index contributed by atoms with van der Waals surface area (Å²) in [6, 6.07) is 0. The summed E-state index contributed by atoms with van der Waals surface area (Å²) >= 11 is 1.59. The molecular weight excluding hydrogens is 348 g/mol. The third kappa shape index (κ3) is 2.90. The number of aryl methyl sites for hydroxylation is 1. The Morgan fingerprint density at radius 2 is 2.15 bits per heavy atom. The zero-order valence-corrected chi connectivity index (χ0v) is 16.3. The zero-order valence-electron chi connectivity index (χ0n) is 15.4. The standard InChI is InChI=1S/C20H28N2O3S/c1-13-10-22(11-16-3-2-4-25-16)18(26-13)21-17(23)19-6-14-5-15(7-19)9-20(24,8-14)12-19/h10,14-16,24H,2-9,11-12H2,1H3. The third-order valence-corrected chi connectivity index (χ3v) is 7.88. The van der Waals surface area contributed by atoms with Crippen LogP contribution in [0.3, 0.4) is 0 Å². The molecule has 5 fully saturated rings. The van der Waals surface area contributed by atoms with Gasteiger partial charge in [-0.15, -0.1) is 11.3 Å². The molecule has 3 unspecified atom stereocenters. The molecule has 5 aliphatic rings. The summed E-state index contributed by atoms with van der Waals surface area (Å²) in [5.74, 6) is 1.02. The number of rotatable bonds is 3. The molecule has 5 nitrogen and oxygen atoms in total. The largest absolute Gasteiger partial charge is 0.390 e. The van der Waals surface area contributed by atoms with Gasteiger partial charge in [0.2, 0.25) is 0 Å². The van der Waals surface area contributed by atoms with Gasteiger partial charge < -0.3 is 14.4 Å². The van der Waals surface area contributed by atoms with Crippen LogP contribution in [0.2, 0.25) is 0 Å². The Bertz CT molecular complexity index is 775. The lowest BCUT2D eigenvalue weighted by molar-refractivity contribution is -0.175. The van der Waals surface area contributed by atoms with Gasteiger partial charge in [0.15, 0.2) is 4.80 Å². The predicted octanol–water partition coefficient (Wildman–Crippen LogP) is 2.80. The maximum absolute atomic E-state index is 13.3. The topological polar surface area (TPSA) is 63.8 Å². The van der Waals surface area contributed by atoms with Gasteiger partial charge in [0.25, 0.3) is 5.91 Å². The highest BCUT2D eigenvalue weighted by Gasteiger charge is 2.60. The molecule has 1 aromatic rings. The second-order valence-electron chi connectivity index (χ2n) is 9.29. The number of aromatic nitrogens is 1. The summed E-state index contributed by atoms with van der Waals surface area (Å²) in [7, 11) is 0. The van der Waals surface area contributed by atoms with Crippen molar-refractivity contribution in [1.82, 2.24) is 4.57 Å². The van der Waals surface area contributed by atoms with Crippen molar-refractivity contribution in [3.05, 3.63) is 15.9 Å². The fourth-order valence-electron chi connectivity index (χ4n) is 6.40. The van der Waals surface area contributed by atoms with Crippen LogP contribution < -0.4 is 4.80 Å². The summed E-state index contributed by atoms with van der Waals surface area (Å²) in [4.78, 5) is 19.9. The number of carbonyl (C=O) groups is 1. The van der Waals surface area contributed by atoms with Gasteiger partial charge in [-0.25, -0.2) is 0 Å². The first-order valence-corrected chi connectivity index (χ1v) is 10.8. The fourth-order valence-corrected chi connectivity index (χ4v) is 7.24. The van der Waals surface area contributed by atoms with Crippen LogP contribution in [0.25, 0.3) is 0 Å². The lowest BCUT2D eigenvalue weighted by Crippen LogP contribution is -2.58. The number of ether oxygens (including phenoxy) is 1. The quantitative estimate of drug-likeness (QED) is 0.882. The van der Waals surface area contributed by atoms with Gasteiger partial charge in [-0.3, -0.25) is 4.79 Å². The summed E-state index contributed by atoms with van der Waals surface area (Å²) in [6.45, 7) is 3.68. The molecule has 2 heterocycles. The summed E-state index contributed by atoms with van der Waals surface area (Å²) in [5, 5.41) is 10.9. The zero-order chi connectivity index (χ0) is 17.9. The Morgan fingerprint density at radius 3 is 2.81 bits per heavy atom. The van der Waals surface area contributed by atoms with Crippen LogP contribution in [0.1, 0.15) is 56.2 Å². The molecule has 0 radical (unpaired) electrons. The third-order valence-electron chi connectivity index (χ3n) is 6.94. The molecule has 1 saturated heterocycles. The van der Waals surface area contributed by atoms with E-state index in [2.05, 4.69) is 22.7 Å². The van der Waals surface area contributed by atoms with E-state index in [9.17, 15) is 9.90 Å². The lowest BCUT2D eigenvalue weighted by atomic mass is 9.47. The van der Waals surface area contributed by atoms with E-state index >= 15 is 0 Å². The molecule has 142 valence electrons. The molecule has 4 aliphatic carbocycles. The van der Waals surface area contributed by atoms with E-state index in [0.29, 0.717) is 18.3 Å². The van der Waals surface area contributed by atoms with Gasteiger partial charge >= 0.3 is 0 Å². The maximum atomic E-state index is 13.3. The molecule has 1 aromatic heterocycles. The minimum atomic E-state index is -0.617. The van der Waals surface area contributed by atoms with Crippen molar-refractivity contribution >= 4 is 17.2 Å². The molecule has 6 rings (SSSR count). The Kier molecular flexibility index (Phi) is 3.96. The second-order valence-corrected chi connectivity index (χ2v) is 10.5. The van der Waals surface area contributed by atoms with E-state index in [-0.39, 0.29) is 12.0 Å². The van der Waals surface area contributed by atoms with Gasteiger partial charge in [-0.2, -0.15) is 4.99 Å². The number of amides is 1. The Balaban J connectivity index is 1.44. The second kappa shape index (κ2) is 6.01. The van der Waals surface area contributed by atoms with Gasteiger partial charge in [0.05, 0.1) is 23.7 Å². The number of nitrogens with zero attached hydrogens (tertiary/aromatic N) is 2. The van der Waals surface area contributed by atoms with E-state index in [1.807, 2.05) is 0 Å². The molecule has 1 N–H and O–H groups in total. The molecule has 4 saturated carbocycles. The van der Waals surface area contributed by atoms with Gasteiger partial charge in [-0.05, 0) is 70.1 Å². The van der Waals surface area contributed by atoms with Crippen molar-refractivity contribution in [3.63, 3.8) is 0 Å².